The number of hydrogen-bond donors (Lipinski definition) is 1. The van der Waals surface area contributed by atoms with E-state index in [1.54, 1.807) is 23.1 Å². The molecule has 3 rings (SSSR count). The van der Waals surface area contributed by atoms with Gasteiger partial charge in [-0.25, -0.2) is 4.98 Å². The second-order valence-corrected chi connectivity index (χ2v) is 8.94. The molecule has 5 nitrogen and oxygen atoms in total. The molecular formula is C17H25N3O2S2. The van der Waals surface area contributed by atoms with E-state index in [1.807, 2.05) is 5.38 Å². The molecule has 0 unspecified atom stereocenters. The summed E-state index contributed by atoms with van der Waals surface area (Å²) in [6, 6.07) is 0.447. The first-order chi connectivity index (χ1) is 11.7. The monoisotopic (exact) mass is 367 g/mol. The molecule has 1 aromatic heterocycles. The third kappa shape index (κ3) is 4.51. The van der Waals surface area contributed by atoms with E-state index in [0.29, 0.717) is 25.4 Å². The Bertz CT molecular complexity index is 584. The number of hydrogen-bond acceptors (Lipinski definition) is 5. The van der Waals surface area contributed by atoms with Gasteiger partial charge in [0, 0.05) is 36.9 Å². The van der Waals surface area contributed by atoms with Gasteiger partial charge in [0.25, 0.3) is 0 Å². The van der Waals surface area contributed by atoms with Crippen LogP contribution < -0.4 is 5.32 Å². The van der Waals surface area contributed by atoms with Gasteiger partial charge in [-0.3, -0.25) is 9.59 Å². The normalized spacial score (nSPS) is 21.6. The standard InChI is InChI=1S/C17H25N3O2S2/c1-2-23-17-19-13(11-24-17)8-15(21)18-9-12-7-16(22)20(10-12)14-5-3-4-6-14/h11-12,14H,2-10H2,1H3,(H,18,21)/t12-/m1/s1. The summed E-state index contributed by atoms with van der Waals surface area (Å²) in [5.74, 6) is 1.51. The van der Waals surface area contributed by atoms with Gasteiger partial charge in [0.15, 0.2) is 0 Å². The maximum Gasteiger partial charge on any atom is 0.226 e. The lowest BCUT2D eigenvalue weighted by atomic mass is 10.1. The van der Waals surface area contributed by atoms with Crippen LogP contribution in [0.4, 0.5) is 0 Å². The van der Waals surface area contributed by atoms with Gasteiger partial charge in [-0.15, -0.1) is 11.3 Å². The zero-order valence-electron chi connectivity index (χ0n) is 14.1. The Morgan fingerprint density at radius 1 is 1.46 bits per heavy atom. The first kappa shape index (κ1) is 17.7. The Balaban J connectivity index is 1.42. The van der Waals surface area contributed by atoms with Gasteiger partial charge in [0.05, 0.1) is 12.1 Å². The van der Waals surface area contributed by atoms with Crippen LogP contribution in [0.5, 0.6) is 0 Å². The van der Waals surface area contributed by atoms with Crippen LogP contribution in [0, 0.1) is 5.92 Å². The van der Waals surface area contributed by atoms with Gasteiger partial charge in [0.2, 0.25) is 11.8 Å². The first-order valence-corrected chi connectivity index (χ1v) is 10.7. The number of thioether (sulfide) groups is 1. The van der Waals surface area contributed by atoms with Crippen LogP contribution in [-0.2, 0) is 16.0 Å². The van der Waals surface area contributed by atoms with Crippen molar-refractivity contribution in [3.8, 4) is 0 Å². The summed E-state index contributed by atoms with van der Waals surface area (Å²) in [5, 5.41) is 4.94. The van der Waals surface area contributed by atoms with E-state index in [9.17, 15) is 9.59 Å². The largest absolute Gasteiger partial charge is 0.355 e. The highest BCUT2D eigenvalue weighted by Gasteiger charge is 2.35. The Morgan fingerprint density at radius 2 is 2.25 bits per heavy atom. The molecule has 0 spiro atoms. The third-order valence-corrected chi connectivity index (χ3v) is 6.68. The molecule has 1 saturated carbocycles. The van der Waals surface area contributed by atoms with E-state index in [0.717, 1.165) is 35.2 Å². The van der Waals surface area contributed by atoms with Gasteiger partial charge in [-0.1, -0.05) is 31.5 Å². The summed E-state index contributed by atoms with van der Waals surface area (Å²) < 4.78 is 1.02. The quantitative estimate of drug-likeness (QED) is 0.753. The van der Waals surface area contributed by atoms with Gasteiger partial charge in [-0.2, -0.15) is 0 Å². The smallest absolute Gasteiger partial charge is 0.226 e. The number of amides is 2. The molecule has 7 heteroatoms. The van der Waals surface area contributed by atoms with Crippen molar-refractivity contribution in [1.82, 2.24) is 15.2 Å². The van der Waals surface area contributed by atoms with Crippen LogP contribution >= 0.6 is 23.1 Å². The van der Waals surface area contributed by atoms with E-state index >= 15 is 0 Å². The molecule has 24 heavy (non-hydrogen) atoms. The number of nitrogens with zero attached hydrogens (tertiary/aromatic N) is 2. The number of likely N-dealkylation sites (tertiary alicyclic amines) is 1. The predicted octanol–water partition coefficient (Wildman–Crippen LogP) is 2.70. The molecular weight excluding hydrogens is 342 g/mol. The predicted molar refractivity (Wildman–Crippen MR) is 97.3 cm³/mol. The molecule has 2 amide bonds. The summed E-state index contributed by atoms with van der Waals surface area (Å²) in [6.07, 6.45) is 5.67. The Morgan fingerprint density at radius 3 is 3.00 bits per heavy atom. The minimum atomic E-state index is 0.000105. The van der Waals surface area contributed by atoms with Crippen molar-refractivity contribution >= 4 is 34.9 Å². The number of nitrogens with one attached hydrogen (secondary N) is 1. The molecule has 0 aromatic carbocycles. The van der Waals surface area contributed by atoms with Crippen molar-refractivity contribution in [3.63, 3.8) is 0 Å². The highest BCUT2D eigenvalue weighted by atomic mass is 32.2. The second kappa shape index (κ2) is 8.34. The first-order valence-electron chi connectivity index (χ1n) is 8.79. The summed E-state index contributed by atoms with van der Waals surface area (Å²) >= 11 is 3.30. The Kier molecular flexibility index (Phi) is 6.16. The van der Waals surface area contributed by atoms with Crippen molar-refractivity contribution in [1.29, 1.82) is 0 Å². The fraction of sp³-hybridized carbons (Fsp3) is 0.706. The summed E-state index contributed by atoms with van der Waals surface area (Å²) in [5.41, 5.74) is 0.837. The zero-order valence-corrected chi connectivity index (χ0v) is 15.8. The van der Waals surface area contributed by atoms with Crippen molar-refractivity contribution in [2.75, 3.05) is 18.8 Å². The summed E-state index contributed by atoms with van der Waals surface area (Å²) in [4.78, 5) is 30.8. The molecule has 2 fully saturated rings. The SMILES string of the molecule is CCSc1nc(CC(=O)NC[C@H]2CC(=O)N(C3CCCC3)C2)cs1. The lowest BCUT2D eigenvalue weighted by Crippen LogP contribution is -2.36. The van der Waals surface area contributed by atoms with Gasteiger partial charge in [0.1, 0.15) is 4.34 Å². The maximum atomic E-state index is 12.2. The maximum absolute atomic E-state index is 12.2. The third-order valence-electron chi connectivity index (χ3n) is 4.73. The topological polar surface area (TPSA) is 62.3 Å². The van der Waals surface area contributed by atoms with Crippen LogP contribution in [0.3, 0.4) is 0 Å². The minimum absolute atomic E-state index is 0.000105. The van der Waals surface area contributed by atoms with Crippen LogP contribution in [0.15, 0.2) is 9.72 Å². The van der Waals surface area contributed by atoms with Gasteiger partial charge >= 0.3 is 0 Å². The highest BCUT2D eigenvalue weighted by Crippen LogP contribution is 2.29. The number of thiazole rings is 1. The molecule has 2 aliphatic rings. The molecule has 1 aliphatic carbocycles. The molecule has 0 radical (unpaired) electrons. The number of rotatable bonds is 7. The summed E-state index contributed by atoms with van der Waals surface area (Å²) in [7, 11) is 0. The average Bonchev–Trinajstić information content (AvgIpc) is 3.27. The Labute approximate surface area is 151 Å². The van der Waals surface area contributed by atoms with Gasteiger partial charge in [-0.05, 0) is 18.6 Å². The van der Waals surface area contributed by atoms with Crippen molar-refractivity contribution in [2.24, 2.45) is 5.92 Å². The van der Waals surface area contributed by atoms with Crippen molar-refractivity contribution in [3.05, 3.63) is 11.1 Å². The van der Waals surface area contributed by atoms with Crippen LogP contribution in [0.1, 0.15) is 44.7 Å². The molecule has 1 aromatic rings. The number of aromatic nitrogens is 1. The molecule has 132 valence electrons. The number of carbonyl (C=O) groups is 2. The number of carbonyl (C=O) groups excluding carboxylic acids is 2. The van der Waals surface area contributed by atoms with Crippen molar-refractivity contribution < 1.29 is 9.59 Å². The van der Waals surface area contributed by atoms with Crippen LogP contribution in [0.2, 0.25) is 0 Å². The molecule has 1 N–H and O–H groups in total. The molecule has 0 bridgehead atoms. The Hall–Kier alpha value is -1.08. The minimum Gasteiger partial charge on any atom is -0.355 e. The van der Waals surface area contributed by atoms with Gasteiger partial charge < -0.3 is 10.2 Å². The zero-order chi connectivity index (χ0) is 16.9. The summed E-state index contributed by atoms with van der Waals surface area (Å²) in [6.45, 7) is 3.49. The molecule has 2 heterocycles. The fourth-order valence-corrected chi connectivity index (χ4v) is 5.30. The van der Waals surface area contributed by atoms with E-state index in [-0.39, 0.29) is 17.7 Å². The molecule has 1 aliphatic heterocycles. The van der Waals surface area contributed by atoms with E-state index < -0.39 is 0 Å². The highest BCUT2D eigenvalue weighted by molar-refractivity contribution is 8.00. The van der Waals surface area contributed by atoms with Crippen LogP contribution in [-0.4, -0.2) is 46.6 Å². The van der Waals surface area contributed by atoms with E-state index in [2.05, 4.69) is 22.1 Å². The van der Waals surface area contributed by atoms with E-state index in [1.165, 1.54) is 12.8 Å². The lowest BCUT2D eigenvalue weighted by molar-refractivity contribution is -0.129. The lowest BCUT2D eigenvalue weighted by Gasteiger charge is -2.24. The molecule has 1 saturated heterocycles. The van der Waals surface area contributed by atoms with E-state index in [4.69, 9.17) is 0 Å². The van der Waals surface area contributed by atoms with Crippen LogP contribution in [0.25, 0.3) is 0 Å². The average molecular weight is 368 g/mol. The molecule has 1 atom stereocenters. The second-order valence-electron chi connectivity index (χ2n) is 6.57. The fourth-order valence-electron chi connectivity index (χ4n) is 3.56. The van der Waals surface area contributed by atoms with Crippen molar-refractivity contribution in [2.45, 2.75) is 55.8 Å².